The summed E-state index contributed by atoms with van der Waals surface area (Å²) < 4.78 is 7.17. The number of amides is 3. The average molecular weight is 776 g/mol. The number of hydrogen-bond donors (Lipinski definition) is 1. The summed E-state index contributed by atoms with van der Waals surface area (Å²) in [7, 11) is -2.69. The van der Waals surface area contributed by atoms with Gasteiger partial charge in [-0.05, 0) is 69.4 Å². The van der Waals surface area contributed by atoms with Gasteiger partial charge in [0.1, 0.15) is 0 Å². The number of halogens is 1. The first-order chi connectivity index (χ1) is 26.4. The van der Waals surface area contributed by atoms with E-state index in [1.165, 1.54) is 22.2 Å². The second kappa shape index (κ2) is 15.8. The molecule has 2 bridgehead atoms. The Hall–Kier alpha value is -4.70. The number of hydrogen-bond acceptors (Lipinski definition) is 4. The van der Waals surface area contributed by atoms with Gasteiger partial charge in [-0.1, -0.05) is 136 Å². The van der Waals surface area contributed by atoms with Crippen molar-refractivity contribution in [2.75, 3.05) is 19.7 Å². The van der Waals surface area contributed by atoms with Gasteiger partial charge in [0, 0.05) is 49.8 Å². The van der Waals surface area contributed by atoms with Gasteiger partial charge in [0.15, 0.2) is 0 Å². The molecule has 1 saturated carbocycles. The Morgan fingerprint density at radius 2 is 1.45 bits per heavy atom. The largest absolute Gasteiger partial charge is 0.465 e. The van der Waals surface area contributed by atoms with Gasteiger partial charge in [0.2, 0.25) is 5.91 Å². The summed E-state index contributed by atoms with van der Waals surface area (Å²) >= 11 is 6.58. The molecule has 4 aromatic carbocycles. The lowest BCUT2D eigenvalue weighted by molar-refractivity contribution is -0.135. The fourth-order valence-electron chi connectivity index (χ4n) is 8.67. The third-order valence-corrected chi connectivity index (χ3v) is 16.9. The van der Waals surface area contributed by atoms with E-state index in [0.717, 1.165) is 35.1 Å². The molecule has 2 heterocycles. The van der Waals surface area contributed by atoms with E-state index in [0.29, 0.717) is 36.6 Å². The molecule has 3 aliphatic rings. The van der Waals surface area contributed by atoms with Crippen molar-refractivity contribution in [1.29, 1.82) is 0 Å². The highest BCUT2D eigenvalue weighted by molar-refractivity contribution is 6.99. The second-order valence-electron chi connectivity index (χ2n) is 16.1. The normalized spacial score (nSPS) is 18.6. The molecule has 0 unspecified atom stereocenters. The Morgan fingerprint density at radius 1 is 0.855 bits per heavy atom. The van der Waals surface area contributed by atoms with Crippen LogP contribution in [0.5, 0.6) is 0 Å². The summed E-state index contributed by atoms with van der Waals surface area (Å²) in [6, 6.07) is 35.9. The molecule has 7 rings (SSSR count). The molecule has 3 amide bonds. The van der Waals surface area contributed by atoms with Crippen molar-refractivity contribution in [2.45, 2.75) is 83.1 Å². The number of rotatable bonds is 11. The SMILES string of the molecule is CC(=O)N1C[C@H]2CC(c3ccc(CCO[Si](c4ccccc4)(c4ccccc4)C(C)(C)C)cc3)=C(C(=O)N(Cc3ccccc3Cl)C3CC3)[C@@H](C1)N2C(=O)O. The molecule has 55 heavy (non-hydrogen) atoms. The average Bonchev–Trinajstić information content (AvgIpc) is 4.01. The van der Waals surface area contributed by atoms with Gasteiger partial charge in [-0.15, -0.1) is 0 Å². The van der Waals surface area contributed by atoms with E-state index < -0.39 is 26.5 Å². The summed E-state index contributed by atoms with van der Waals surface area (Å²) in [6.07, 6.45) is 1.70. The minimum Gasteiger partial charge on any atom is -0.465 e. The molecule has 0 spiro atoms. The summed E-state index contributed by atoms with van der Waals surface area (Å²) in [5.41, 5.74) is 4.14. The van der Waals surface area contributed by atoms with Crippen LogP contribution in [-0.4, -0.2) is 83.9 Å². The van der Waals surface area contributed by atoms with Crippen molar-refractivity contribution in [3.63, 3.8) is 0 Å². The Morgan fingerprint density at radius 3 is 2.00 bits per heavy atom. The van der Waals surface area contributed by atoms with Crippen molar-refractivity contribution in [3.05, 3.63) is 136 Å². The first-order valence-corrected chi connectivity index (χ1v) is 21.6. The van der Waals surface area contributed by atoms with Crippen LogP contribution in [0.1, 0.15) is 63.6 Å². The quantitative estimate of drug-likeness (QED) is 0.161. The number of carboxylic acid groups (broad SMARTS) is 1. The third kappa shape index (κ3) is 7.75. The van der Waals surface area contributed by atoms with E-state index >= 15 is 0 Å². The van der Waals surface area contributed by atoms with Crippen LogP contribution >= 0.6 is 11.6 Å². The molecule has 2 atom stereocenters. The smallest absolute Gasteiger partial charge is 0.408 e. The predicted molar refractivity (Wildman–Crippen MR) is 220 cm³/mol. The summed E-state index contributed by atoms with van der Waals surface area (Å²) in [4.78, 5) is 45.4. The highest BCUT2D eigenvalue weighted by Gasteiger charge is 2.51. The zero-order chi connectivity index (χ0) is 38.9. The van der Waals surface area contributed by atoms with Crippen LogP contribution in [0.4, 0.5) is 4.79 Å². The number of carbonyl (C=O) groups is 3. The van der Waals surface area contributed by atoms with Crippen molar-refractivity contribution in [1.82, 2.24) is 14.7 Å². The van der Waals surface area contributed by atoms with Crippen LogP contribution in [0.15, 0.2) is 115 Å². The van der Waals surface area contributed by atoms with Crippen LogP contribution in [0.25, 0.3) is 5.57 Å². The van der Waals surface area contributed by atoms with Crippen molar-refractivity contribution in [3.8, 4) is 0 Å². The van der Waals surface area contributed by atoms with Crippen LogP contribution in [0.2, 0.25) is 10.1 Å². The van der Waals surface area contributed by atoms with Crippen LogP contribution in [-0.2, 0) is 27.0 Å². The molecule has 1 aliphatic carbocycles. The third-order valence-electron chi connectivity index (χ3n) is 11.5. The number of nitrogens with zero attached hydrogens (tertiary/aromatic N) is 3. The molecular formula is C45H50ClN3O5Si. The molecule has 1 N–H and O–H groups in total. The predicted octanol–water partition coefficient (Wildman–Crippen LogP) is 7.39. The lowest BCUT2D eigenvalue weighted by Crippen LogP contribution is -2.66. The van der Waals surface area contributed by atoms with Gasteiger partial charge in [0.25, 0.3) is 14.2 Å². The van der Waals surface area contributed by atoms with Crippen molar-refractivity contribution in [2.24, 2.45) is 0 Å². The first-order valence-electron chi connectivity index (χ1n) is 19.3. The summed E-state index contributed by atoms with van der Waals surface area (Å²) in [5.74, 6) is -0.324. The molecule has 1 saturated heterocycles. The standard InChI is InChI=1S/C45H50ClN3O5Si/c1-31(50)47-29-36-27-39(42(41(30-47)49(36)44(52)53)43(51)48(35-23-24-35)28-34-13-11-12-18-40(34)46)33-21-19-32(20-22-33)25-26-54-55(45(2,3)4,37-14-7-5-8-15-37)38-16-9-6-10-17-38/h5-22,35-36,41H,23-30H2,1-4H3,(H,52,53)/t36-,41-/m1/s1. The summed E-state index contributed by atoms with van der Waals surface area (Å²) in [6.45, 7) is 9.61. The highest BCUT2D eigenvalue weighted by atomic mass is 35.5. The monoisotopic (exact) mass is 775 g/mol. The van der Waals surface area contributed by atoms with Gasteiger partial charge in [-0.2, -0.15) is 0 Å². The molecule has 2 fully saturated rings. The van der Waals surface area contributed by atoms with Crippen LogP contribution in [0.3, 0.4) is 0 Å². The van der Waals surface area contributed by atoms with E-state index in [-0.39, 0.29) is 36.0 Å². The minimum absolute atomic E-state index is 0.0407. The molecule has 0 radical (unpaired) electrons. The Kier molecular flexibility index (Phi) is 11.1. The Balaban J connectivity index is 1.21. The maximum atomic E-state index is 14.9. The number of carbonyl (C=O) groups excluding carboxylic acids is 2. The van der Waals surface area contributed by atoms with Gasteiger partial charge >= 0.3 is 6.09 Å². The fourth-order valence-corrected chi connectivity index (χ4v) is 13.4. The van der Waals surface area contributed by atoms with Crippen LogP contribution in [0, 0.1) is 0 Å². The first kappa shape index (κ1) is 38.6. The van der Waals surface area contributed by atoms with Gasteiger partial charge in [-0.25, -0.2) is 4.79 Å². The van der Waals surface area contributed by atoms with Crippen molar-refractivity contribution >= 4 is 53.8 Å². The van der Waals surface area contributed by atoms with Crippen molar-refractivity contribution < 1.29 is 23.9 Å². The molecule has 286 valence electrons. The Bertz CT molecular complexity index is 2020. The molecular weight excluding hydrogens is 726 g/mol. The Labute approximate surface area is 330 Å². The molecule has 10 heteroatoms. The maximum absolute atomic E-state index is 14.9. The lowest BCUT2D eigenvalue weighted by Gasteiger charge is -2.50. The van der Waals surface area contributed by atoms with Gasteiger partial charge < -0.3 is 19.3 Å². The number of benzene rings is 4. The molecule has 2 aliphatic heterocycles. The zero-order valence-electron chi connectivity index (χ0n) is 32.1. The van der Waals surface area contributed by atoms with E-state index in [9.17, 15) is 19.5 Å². The topological polar surface area (TPSA) is 90.4 Å². The van der Waals surface area contributed by atoms with E-state index in [4.69, 9.17) is 16.0 Å². The number of fused-ring (bicyclic) bond motifs is 2. The molecule has 0 aromatic heterocycles. The zero-order valence-corrected chi connectivity index (χ0v) is 33.8. The lowest BCUT2D eigenvalue weighted by atomic mass is 9.81. The molecule has 8 nitrogen and oxygen atoms in total. The second-order valence-corrected chi connectivity index (χ2v) is 20.8. The van der Waals surface area contributed by atoms with Gasteiger partial charge in [0.05, 0.1) is 12.1 Å². The van der Waals surface area contributed by atoms with E-state index in [2.05, 4.69) is 93.6 Å². The fraction of sp³-hybridized carbons (Fsp3) is 0.356. The summed E-state index contributed by atoms with van der Waals surface area (Å²) in [5, 5.41) is 13.4. The molecule has 4 aromatic rings. The number of piperazine rings is 1. The van der Waals surface area contributed by atoms with E-state index in [1.54, 1.807) is 4.90 Å². The highest BCUT2D eigenvalue weighted by Crippen LogP contribution is 2.42. The van der Waals surface area contributed by atoms with E-state index in [1.807, 2.05) is 41.3 Å². The van der Waals surface area contributed by atoms with Crippen LogP contribution < -0.4 is 10.4 Å². The van der Waals surface area contributed by atoms with Gasteiger partial charge in [-0.3, -0.25) is 14.5 Å². The minimum atomic E-state index is -2.69. The maximum Gasteiger partial charge on any atom is 0.408 e.